The van der Waals surface area contributed by atoms with Crippen molar-refractivity contribution in [2.45, 2.75) is 155 Å². The molecule has 4 aromatic heterocycles. The number of aromatic amines is 2. The van der Waals surface area contributed by atoms with Crippen molar-refractivity contribution in [2.24, 2.45) is 11.8 Å². The molecule has 2 amide bonds. The van der Waals surface area contributed by atoms with Gasteiger partial charge in [-0.2, -0.15) is 9.97 Å². The number of nitrogens with one attached hydrogen (secondary N) is 4. The fraction of sp³-hybridized carbons (Fsp3) is 0.700. The molecule has 0 aromatic carbocycles. The first-order chi connectivity index (χ1) is 32.2. The third-order valence-electron chi connectivity index (χ3n) is 13.0. The van der Waals surface area contributed by atoms with Crippen molar-refractivity contribution >= 4 is 101 Å². The molecule has 2 saturated heterocycles. The highest BCUT2D eigenvalue weighted by Gasteiger charge is 2.55. The highest BCUT2D eigenvalue weighted by Crippen LogP contribution is 2.58. The summed E-state index contributed by atoms with van der Waals surface area (Å²) in [5.41, 5.74) is -1.61. The average Bonchev–Trinajstić information content (AvgIpc) is 3.99. The fourth-order valence-electron chi connectivity index (χ4n) is 6.95. The molecule has 2 aliphatic rings. The number of anilines is 2. The lowest BCUT2D eigenvalue weighted by Crippen LogP contribution is -2.50. The maximum absolute atomic E-state index is 14.8. The number of hydrogen-bond donors (Lipinski definition) is 7. The molecule has 0 bridgehead atoms. The second kappa shape index (κ2) is 21.0. The van der Waals surface area contributed by atoms with Crippen LogP contribution < -0.4 is 21.8 Å². The first-order valence-electron chi connectivity index (χ1n) is 22.6. The molecule has 2 aliphatic heterocycles. The lowest BCUT2D eigenvalue weighted by Gasteiger charge is -2.40. The first kappa shape index (κ1) is 56.2. The predicted octanol–water partition coefficient (Wildman–Crippen LogP) is 6.15. The molecule has 0 spiro atoms. The second-order valence-electron chi connectivity index (χ2n) is 21.0. The van der Waals surface area contributed by atoms with Crippen molar-refractivity contribution in [1.82, 2.24) is 39.0 Å². The molecule has 0 aliphatic carbocycles. The summed E-state index contributed by atoms with van der Waals surface area (Å²) in [4.78, 5) is 74.2. The Morgan fingerprint density at radius 2 is 1.23 bits per heavy atom. The van der Waals surface area contributed by atoms with Crippen LogP contribution in [0.25, 0.3) is 22.3 Å². The summed E-state index contributed by atoms with van der Waals surface area (Å²) in [6.45, 7) is 21.2. The maximum Gasteiger partial charge on any atom is 0.386 e. The smallest absolute Gasteiger partial charge is 0.386 e. The van der Waals surface area contributed by atoms with E-state index in [0.717, 1.165) is 0 Å². The van der Waals surface area contributed by atoms with Gasteiger partial charge < -0.3 is 28.0 Å². The van der Waals surface area contributed by atoms with Gasteiger partial charge in [-0.15, -0.1) is 0 Å². The van der Waals surface area contributed by atoms with Crippen LogP contribution in [0.2, 0.25) is 36.3 Å². The number of hydrogen-bond acceptors (Lipinski definition) is 18. The Morgan fingerprint density at radius 1 is 0.800 bits per heavy atom. The van der Waals surface area contributed by atoms with E-state index in [1.54, 1.807) is 27.7 Å². The SMILES string of the molecule is CC(C)C(=O)Nc1nc2c(ncn2[C@@H]2O[C@H](COP(=O)(S)O[C@@H]3C(O[Si](C)(C)C(C)(C)C)[C@@H](CO[PH](=O)S)O[C@H]3n3cnc4c(=O)[nH]c(NC(=O)C(C)C)nc43)C(O[Si](C)(C)C(C)(C)C)[C@H]2O)c(=O)[nH]1. The van der Waals surface area contributed by atoms with Gasteiger partial charge in [0.25, 0.3) is 11.1 Å². The minimum Gasteiger partial charge on any atom is -0.408 e. The van der Waals surface area contributed by atoms with Crippen molar-refractivity contribution in [3.05, 3.63) is 33.4 Å². The largest absolute Gasteiger partial charge is 0.408 e. The van der Waals surface area contributed by atoms with Gasteiger partial charge in [0.1, 0.15) is 36.6 Å². The van der Waals surface area contributed by atoms with E-state index in [1.807, 2.05) is 67.7 Å². The van der Waals surface area contributed by atoms with Crippen molar-refractivity contribution in [3.8, 4) is 0 Å². The van der Waals surface area contributed by atoms with Gasteiger partial charge in [-0.05, 0) is 36.3 Å². The first-order valence-corrected chi connectivity index (χ1v) is 33.7. The molecule has 4 aromatic rings. The van der Waals surface area contributed by atoms with Crippen LogP contribution in [0.4, 0.5) is 11.9 Å². The zero-order chi connectivity index (χ0) is 52.2. The average molecular weight is 1090 g/mol. The van der Waals surface area contributed by atoms with Gasteiger partial charge in [-0.25, -0.2) is 14.5 Å². The molecule has 6 heterocycles. The number of fused-ring (bicyclic) bond motifs is 2. The van der Waals surface area contributed by atoms with Crippen LogP contribution in [0.5, 0.6) is 0 Å². The van der Waals surface area contributed by atoms with Crippen LogP contribution in [0, 0.1) is 11.8 Å². The Kier molecular flexibility index (Phi) is 16.9. The summed E-state index contributed by atoms with van der Waals surface area (Å²) < 4.78 is 74.5. The minimum atomic E-state index is -4.60. The summed E-state index contributed by atoms with van der Waals surface area (Å²) in [5, 5.41) is 16.5. The molecule has 70 heavy (non-hydrogen) atoms. The number of carbonyl (C=O) groups excluding carboxylic acids is 2. The molecule has 0 saturated carbocycles. The van der Waals surface area contributed by atoms with Crippen molar-refractivity contribution in [1.29, 1.82) is 0 Å². The maximum atomic E-state index is 14.8. The number of thiol groups is 2. The Bertz CT molecular complexity index is 2780. The van der Waals surface area contributed by atoms with E-state index in [9.17, 15) is 33.4 Å². The Labute approximate surface area is 417 Å². The summed E-state index contributed by atoms with van der Waals surface area (Å²) >= 11 is 8.44. The predicted molar refractivity (Wildman–Crippen MR) is 273 cm³/mol. The van der Waals surface area contributed by atoms with Crippen LogP contribution in [-0.4, -0.2) is 122 Å². The Balaban J connectivity index is 1.38. The number of aromatic nitrogens is 8. The topological polar surface area (TPSA) is 304 Å². The van der Waals surface area contributed by atoms with Gasteiger partial charge in [0, 0.05) is 11.8 Å². The molecule has 24 nitrogen and oxygen atoms in total. The zero-order valence-electron chi connectivity index (χ0n) is 41.6. The van der Waals surface area contributed by atoms with Gasteiger partial charge in [0.2, 0.25) is 30.9 Å². The van der Waals surface area contributed by atoms with Crippen LogP contribution in [0.15, 0.2) is 22.2 Å². The van der Waals surface area contributed by atoms with Gasteiger partial charge >= 0.3 is 6.80 Å². The molecule has 390 valence electrons. The number of nitrogens with zero attached hydrogens (tertiary/aromatic N) is 6. The fourth-order valence-corrected chi connectivity index (χ4v) is 11.6. The molecule has 10 atom stereocenters. The summed E-state index contributed by atoms with van der Waals surface area (Å²) in [6, 6.07) is 0. The molecular formula is C40H66N10O14P2S2Si2. The van der Waals surface area contributed by atoms with Gasteiger partial charge in [-0.3, -0.25) is 62.5 Å². The monoisotopic (exact) mass is 1090 g/mol. The van der Waals surface area contributed by atoms with E-state index in [1.165, 1.54) is 21.8 Å². The molecule has 5 N–H and O–H groups in total. The van der Waals surface area contributed by atoms with E-state index in [0.29, 0.717) is 0 Å². The minimum absolute atomic E-state index is 0.0117. The molecular weight excluding hydrogens is 1030 g/mol. The number of aliphatic hydroxyl groups is 1. The second-order valence-corrected chi connectivity index (χ2v) is 35.3. The summed E-state index contributed by atoms with van der Waals surface area (Å²) in [6.07, 6.45) is -7.37. The number of ether oxygens (including phenoxy) is 2. The summed E-state index contributed by atoms with van der Waals surface area (Å²) in [7, 11) is -8.32. The standard InChI is InChI=1S/C40H66N10O14P2S2Si2/c1-19(2)31(52)45-37-43-29-23(33(54)47-37)41-17-49(29)35-25(51)26(63-69(11,12)39(5,6)7)22(60-35)16-59-66(57,68)62-28-27(64-70(13,14)40(8,9)10)21(15-58-65(56)67)61-36(28)50-18-42-24-30(50)44-38(48-34(24)55)46-32(53)20(3)4/h17-22,25-28,35-36,51,65H,15-16H2,1-14H3,(H,56,67)(H,57,68)(H2,43,45,47,52,54)(H2,44,46,48,53,55)/t21-,22-,25-,26?,27?,28-,35-,36-,66?/m1/s1. The summed E-state index contributed by atoms with van der Waals surface area (Å²) in [5.74, 6) is -2.02. The molecule has 30 heteroatoms. The number of carbonyl (C=O) groups is 2. The Hall–Kier alpha value is -3.09. The van der Waals surface area contributed by atoms with Gasteiger partial charge in [0.15, 0.2) is 51.4 Å². The van der Waals surface area contributed by atoms with Gasteiger partial charge in [-0.1, -0.05) is 93.7 Å². The third kappa shape index (κ3) is 12.3. The molecule has 4 unspecified atom stereocenters. The third-order valence-corrected chi connectivity index (χ3v) is 24.4. The van der Waals surface area contributed by atoms with Crippen LogP contribution in [0.3, 0.4) is 0 Å². The van der Waals surface area contributed by atoms with E-state index < -0.39 is 121 Å². The Morgan fingerprint density at radius 3 is 1.67 bits per heavy atom. The highest BCUT2D eigenvalue weighted by molar-refractivity contribution is 8.44. The van der Waals surface area contributed by atoms with Crippen LogP contribution >= 0.6 is 38.5 Å². The van der Waals surface area contributed by atoms with E-state index in [4.69, 9.17) is 31.9 Å². The zero-order valence-corrected chi connectivity index (χ0v) is 47.3. The number of imidazole rings is 2. The van der Waals surface area contributed by atoms with Crippen LogP contribution in [-0.2, 0) is 50.6 Å². The van der Waals surface area contributed by atoms with Crippen molar-refractivity contribution in [2.75, 3.05) is 23.8 Å². The van der Waals surface area contributed by atoms with Crippen molar-refractivity contribution < 1.29 is 55.7 Å². The normalized spacial score (nSPS) is 25.0. The lowest BCUT2D eigenvalue weighted by atomic mass is 10.1. The van der Waals surface area contributed by atoms with E-state index in [-0.39, 0.29) is 50.9 Å². The highest BCUT2D eigenvalue weighted by atomic mass is 32.7. The molecule has 2 fully saturated rings. The number of aliphatic hydroxyl groups excluding tert-OH is 1. The number of H-pyrrole nitrogens is 2. The van der Waals surface area contributed by atoms with Crippen molar-refractivity contribution in [3.63, 3.8) is 0 Å². The lowest BCUT2D eigenvalue weighted by molar-refractivity contribution is -0.119. The molecule has 0 radical (unpaired) electrons. The number of amides is 2. The molecule has 6 rings (SSSR count). The number of rotatable bonds is 18. The quantitative estimate of drug-likeness (QED) is 0.0334. The van der Waals surface area contributed by atoms with Gasteiger partial charge in [0.05, 0.1) is 25.9 Å². The van der Waals surface area contributed by atoms with E-state index in [2.05, 4.69) is 65.0 Å². The van der Waals surface area contributed by atoms with E-state index >= 15 is 0 Å². The van der Waals surface area contributed by atoms with Crippen LogP contribution in [0.1, 0.15) is 81.7 Å².